The van der Waals surface area contributed by atoms with Crippen molar-refractivity contribution in [3.63, 3.8) is 0 Å². The molecule has 0 bridgehead atoms. The number of fused-ring (bicyclic) bond motifs is 1. The van der Waals surface area contributed by atoms with Gasteiger partial charge in [0.1, 0.15) is 10.8 Å². The van der Waals surface area contributed by atoms with Crippen molar-refractivity contribution >= 4 is 50.7 Å². The first-order chi connectivity index (χ1) is 14.5. The number of methoxy groups -OCH3 is 1. The van der Waals surface area contributed by atoms with Crippen molar-refractivity contribution in [2.24, 2.45) is 0 Å². The quantitative estimate of drug-likeness (QED) is 0.579. The van der Waals surface area contributed by atoms with Crippen LogP contribution < -0.4 is 10.1 Å². The van der Waals surface area contributed by atoms with E-state index in [1.54, 1.807) is 29.5 Å². The number of para-hydroxylation sites is 1. The molecule has 2 heterocycles. The van der Waals surface area contributed by atoms with Gasteiger partial charge in [-0.1, -0.05) is 23.7 Å². The Balaban J connectivity index is 1.36. The monoisotopic (exact) mass is 443 g/mol. The molecule has 0 radical (unpaired) electrons. The highest BCUT2D eigenvalue weighted by molar-refractivity contribution is 7.18. The van der Waals surface area contributed by atoms with Crippen molar-refractivity contribution < 1.29 is 14.3 Å². The fourth-order valence-electron chi connectivity index (χ4n) is 3.69. The van der Waals surface area contributed by atoms with E-state index in [0.29, 0.717) is 23.0 Å². The van der Waals surface area contributed by atoms with Crippen LogP contribution in [0.1, 0.15) is 36.7 Å². The fraction of sp³-hybridized carbons (Fsp3) is 0.318. The number of aromatic nitrogens is 1. The van der Waals surface area contributed by atoms with Gasteiger partial charge in [0.05, 0.1) is 28.4 Å². The third-order valence-corrected chi connectivity index (χ3v) is 6.60. The van der Waals surface area contributed by atoms with Gasteiger partial charge >= 0.3 is 0 Å². The van der Waals surface area contributed by atoms with E-state index < -0.39 is 0 Å². The molecule has 1 aromatic heterocycles. The van der Waals surface area contributed by atoms with Gasteiger partial charge in [-0.25, -0.2) is 4.98 Å². The van der Waals surface area contributed by atoms with Gasteiger partial charge in [-0.15, -0.1) is 11.3 Å². The van der Waals surface area contributed by atoms with Crippen LogP contribution in [0.25, 0.3) is 10.2 Å². The van der Waals surface area contributed by atoms with Crippen LogP contribution in [0.5, 0.6) is 5.75 Å². The SMILES string of the molecule is COc1ccc(NC(=O)CCC(=O)N2CCC[C@@H]2c2nc3ccccc3s2)cc1Cl. The van der Waals surface area contributed by atoms with Crippen LogP contribution in [0, 0.1) is 0 Å². The zero-order valence-corrected chi connectivity index (χ0v) is 18.1. The highest BCUT2D eigenvalue weighted by atomic mass is 35.5. The van der Waals surface area contributed by atoms with E-state index in [4.69, 9.17) is 21.3 Å². The molecule has 1 aliphatic heterocycles. The Hall–Kier alpha value is -2.64. The summed E-state index contributed by atoms with van der Waals surface area (Å²) in [6.45, 7) is 0.704. The predicted molar refractivity (Wildman–Crippen MR) is 119 cm³/mol. The molecule has 2 amide bonds. The Bertz CT molecular complexity index is 1050. The van der Waals surface area contributed by atoms with Gasteiger partial charge in [-0.3, -0.25) is 9.59 Å². The summed E-state index contributed by atoms with van der Waals surface area (Å²) < 4.78 is 6.24. The molecule has 8 heteroatoms. The maximum atomic E-state index is 12.8. The minimum atomic E-state index is -0.222. The second kappa shape index (κ2) is 9.02. The van der Waals surface area contributed by atoms with Crippen LogP contribution >= 0.6 is 22.9 Å². The zero-order valence-electron chi connectivity index (χ0n) is 16.6. The molecular formula is C22H22ClN3O3S. The third-order valence-electron chi connectivity index (χ3n) is 5.17. The summed E-state index contributed by atoms with van der Waals surface area (Å²) in [5.74, 6) is 0.305. The number of carbonyl (C=O) groups is 2. The van der Waals surface area contributed by atoms with Gasteiger partial charge in [0, 0.05) is 25.1 Å². The molecule has 1 aliphatic rings. The highest BCUT2D eigenvalue weighted by Gasteiger charge is 2.32. The minimum absolute atomic E-state index is 0.00152. The Morgan fingerprint density at radius 3 is 2.87 bits per heavy atom. The van der Waals surface area contributed by atoms with Gasteiger partial charge in [-0.2, -0.15) is 0 Å². The number of anilines is 1. The Labute approximate surface area is 183 Å². The third kappa shape index (κ3) is 4.42. The smallest absolute Gasteiger partial charge is 0.224 e. The lowest BCUT2D eigenvalue weighted by Crippen LogP contribution is -2.31. The number of hydrogen-bond acceptors (Lipinski definition) is 5. The molecule has 1 atom stereocenters. The van der Waals surface area contributed by atoms with Crippen LogP contribution in [0.4, 0.5) is 5.69 Å². The number of amides is 2. The number of likely N-dealkylation sites (tertiary alicyclic amines) is 1. The highest BCUT2D eigenvalue weighted by Crippen LogP contribution is 2.36. The first kappa shape index (κ1) is 20.6. The lowest BCUT2D eigenvalue weighted by Gasteiger charge is -2.23. The molecule has 0 unspecified atom stereocenters. The van der Waals surface area contributed by atoms with Gasteiger partial charge in [0.25, 0.3) is 0 Å². The molecule has 1 saturated heterocycles. The zero-order chi connectivity index (χ0) is 21.1. The molecular weight excluding hydrogens is 422 g/mol. The largest absolute Gasteiger partial charge is 0.495 e. The van der Waals surface area contributed by atoms with Gasteiger partial charge in [0.15, 0.2) is 0 Å². The Kier molecular flexibility index (Phi) is 6.20. The van der Waals surface area contributed by atoms with Crippen molar-refractivity contribution in [3.05, 3.63) is 52.5 Å². The van der Waals surface area contributed by atoms with E-state index >= 15 is 0 Å². The molecule has 0 saturated carbocycles. The molecule has 156 valence electrons. The molecule has 1 fully saturated rings. The summed E-state index contributed by atoms with van der Waals surface area (Å²) in [5, 5.41) is 4.17. The number of thiazole rings is 1. The van der Waals surface area contributed by atoms with Crippen molar-refractivity contribution in [1.29, 1.82) is 0 Å². The topological polar surface area (TPSA) is 71.5 Å². The molecule has 0 spiro atoms. The average Bonchev–Trinajstić information content (AvgIpc) is 3.39. The van der Waals surface area contributed by atoms with Crippen LogP contribution in [0.2, 0.25) is 5.02 Å². The molecule has 3 aromatic rings. The van der Waals surface area contributed by atoms with Crippen LogP contribution in [-0.4, -0.2) is 35.4 Å². The van der Waals surface area contributed by atoms with Crippen molar-refractivity contribution in [2.75, 3.05) is 19.0 Å². The van der Waals surface area contributed by atoms with Crippen LogP contribution in [0.3, 0.4) is 0 Å². The van der Waals surface area contributed by atoms with E-state index in [1.807, 2.05) is 29.2 Å². The van der Waals surface area contributed by atoms with Crippen LogP contribution in [0.15, 0.2) is 42.5 Å². The molecule has 0 aliphatic carbocycles. The van der Waals surface area contributed by atoms with Crippen LogP contribution in [-0.2, 0) is 9.59 Å². The Morgan fingerprint density at radius 2 is 2.10 bits per heavy atom. The first-order valence-electron chi connectivity index (χ1n) is 9.83. The van der Waals surface area contributed by atoms with Gasteiger partial charge in [-0.05, 0) is 43.2 Å². The predicted octanol–water partition coefficient (Wildman–Crippen LogP) is 5.04. The first-order valence-corrected chi connectivity index (χ1v) is 11.0. The summed E-state index contributed by atoms with van der Waals surface area (Å²) in [7, 11) is 1.53. The summed E-state index contributed by atoms with van der Waals surface area (Å²) >= 11 is 7.73. The maximum Gasteiger partial charge on any atom is 0.224 e. The van der Waals surface area contributed by atoms with E-state index in [2.05, 4.69) is 5.32 Å². The van der Waals surface area contributed by atoms with Crippen molar-refractivity contribution in [3.8, 4) is 5.75 Å². The maximum absolute atomic E-state index is 12.8. The molecule has 4 rings (SSSR count). The summed E-state index contributed by atoms with van der Waals surface area (Å²) in [6.07, 6.45) is 2.13. The average molecular weight is 444 g/mol. The normalized spacial score (nSPS) is 16.1. The second-order valence-corrected chi connectivity index (χ2v) is 8.63. The number of carbonyl (C=O) groups excluding carboxylic acids is 2. The lowest BCUT2D eigenvalue weighted by molar-refractivity contribution is -0.133. The number of halogens is 1. The van der Waals surface area contributed by atoms with Crippen molar-refractivity contribution in [2.45, 2.75) is 31.7 Å². The number of nitrogens with zero attached hydrogens (tertiary/aromatic N) is 2. The summed E-state index contributed by atoms with van der Waals surface area (Å²) in [4.78, 5) is 31.7. The summed E-state index contributed by atoms with van der Waals surface area (Å²) in [5.41, 5.74) is 1.54. The number of benzene rings is 2. The second-order valence-electron chi connectivity index (χ2n) is 7.16. The lowest BCUT2D eigenvalue weighted by atomic mass is 10.2. The van der Waals surface area contributed by atoms with Crippen molar-refractivity contribution in [1.82, 2.24) is 9.88 Å². The van der Waals surface area contributed by atoms with Gasteiger partial charge < -0.3 is 15.0 Å². The number of hydrogen-bond donors (Lipinski definition) is 1. The molecule has 2 aromatic carbocycles. The minimum Gasteiger partial charge on any atom is -0.495 e. The Morgan fingerprint density at radius 1 is 1.27 bits per heavy atom. The standard InChI is InChI=1S/C22H22ClN3O3S/c1-29-18-9-8-14(13-15(18)23)24-20(27)10-11-21(28)26-12-4-6-17(26)22-25-16-5-2-3-7-19(16)30-22/h2-3,5,7-9,13,17H,4,6,10-12H2,1H3,(H,24,27)/t17-/m1/s1. The number of nitrogens with one attached hydrogen (secondary N) is 1. The molecule has 6 nitrogen and oxygen atoms in total. The molecule has 1 N–H and O–H groups in total. The molecule has 30 heavy (non-hydrogen) atoms. The van der Waals surface area contributed by atoms with E-state index in [9.17, 15) is 9.59 Å². The van der Waals surface area contributed by atoms with Gasteiger partial charge in [0.2, 0.25) is 11.8 Å². The van der Waals surface area contributed by atoms with E-state index in [1.165, 1.54) is 7.11 Å². The number of rotatable bonds is 6. The number of ether oxygens (including phenoxy) is 1. The fourth-order valence-corrected chi connectivity index (χ4v) is 5.06. The van der Waals surface area contributed by atoms with E-state index in [-0.39, 0.29) is 30.7 Å². The van der Waals surface area contributed by atoms with E-state index in [0.717, 1.165) is 28.1 Å². The summed E-state index contributed by atoms with van der Waals surface area (Å²) in [6, 6.07) is 13.0.